The summed E-state index contributed by atoms with van der Waals surface area (Å²) in [5, 5.41) is 3.12. The summed E-state index contributed by atoms with van der Waals surface area (Å²) in [4.78, 5) is 0. The SMILES string of the molecule is CC.CCc1ccc(CNC)cc1. The second-order valence-electron chi connectivity index (χ2n) is 2.70. The zero-order valence-electron chi connectivity index (χ0n) is 9.22. The molecule has 0 aliphatic heterocycles. The van der Waals surface area contributed by atoms with E-state index in [4.69, 9.17) is 0 Å². The first-order valence-electron chi connectivity index (χ1n) is 5.09. The number of aryl methyl sites for hydroxylation is 1. The number of hydrogen-bond acceptors (Lipinski definition) is 1. The van der Waals surface area contributed by atoms with E-state index in [2.05, 4.69) is 36.5 Å². The minimum atomic E-state index is 0.962. The van der Waals surface area contributed by atoms with E-state index in [0.717, 1.165) is 13.0 Å². The molecule has 0 atom stereocenters. The summed E-state index contributed by atoms with van der Waals surface area (Å²) in [6.45, 7) is 7.14. The highest BCUT2D eigenvalue weighted by Gasteiger charge is 1.90. The molecule has 0 unspecified atom stereocenters. The van der Waals surface area contributed by atoms with Crippen molar-refractivity contribution in [2.24, 2.45) is 0 Å². The van der Waals surface area contributed by atoms with Gasteiger partial charge in [-0.25, -0.2) is 0 Å². The number of nitrogens with one attached hydrogen (secondary N) is 1. The standard InChI is InChI=1S/C10H15N.C2H6/c1-3-9-4-6-10(7-5-9)8-11-2;1-2/h4-7,11H,3,8H2,1-2H3;1-2H3. The van der Waals surface area contributed by atoms with E-state index in [9.17, 15) is 0 Å². The zero-order valence-corrected chi connectivity index (χ0v) is 9.22. The molecule has 1 aromatic carbocycles. The topological polar surface area (TPSA) is 12.0 Å². The Kier molecular flexibility index (Phi) is 7.32. The molecule has 13 heavy (non-hydrogen) atoms. The van der Waals surface area contributed by atoms with E-state index >= 15 is 0 Å². The Morgan fingerprint density at radius 3 is 1.85 bits per heavy atom. The first-order valence-corrected chi connectivity index (χ1v) is 5.09. The number of rotatable bonds is 3. The van der Waals surface area contributed by atoms with Crippen LogP contribution >= 0.6 is 0 Å². The summed E-state index contributed by atoms with van der Waals surface area (Å²) in [5.41, 5.74) is 2.76. The zero-order chi connectivity index (χ0) is 10.1. The molecule has 0 amide bonds. The molecule has 1 aromatic rings. The lowest BCUT2D eigenvalue weighted by Crippen LogP contribution is -2.04. The highest BCUT2D eigenvalue weighted by molar-refractivity contribution is 5.22. The third-order valence-electron chi connectivity index (χ3n) is 1.81. The van der Waals surface area contributed by atoms with Gasteiger partial charge in [-0.3, -0.25) is 0 Å². The van der Waals surface area contributed by atoms with E-state index in [1.807, 2.05) is 20.9 Å². The first kappa shape index (κ1) is 12.2. The molecule has 1 nitrogen and oxygen atoms in total. The van der Waals surface area contributed by atoms with Crippen molar-refractivity contribution in [2.75, 3.05) is 7.05 Å². The van der Waals surface area contributed by atoms with Gasteiger partial charge < -0.3 is 5.32 Å². The second kappa shape index (κ2) is 7.81. The summed E-state index contributed by atoms with van der Waals surface area (Å²) in [6, 6.07) is 8.73. The van der Waals surface area contributed by atoms with Gasteiger partial charge in [0.25, 0.3) is 0 Å². The Hall–Kier alpha value is -0.820. The van der Waals surface area contributed by atoms with Crippen LogP contribution in [-0.2, 0) is 13.0 Å². The van der Waals surface area contributed by atoms with Crippen molar-refractivity contribution < 1.29 is 0 Å². The smallest absolute Gasteiger partial charge is 0.0202 e. The highest BCUT2D eigenvalue weighted by atomic mass is 14.8. The monoisotopic (exact) mass is 179 g/mol. The lowest BCUT2D eigenvalue weighted by atomic mass is 10.1. The first-order chi connectivity index (χ1) is 6.36. The van der Waals surface area contributed by atoms with Crippen molar-refractivity contribution in [3.63, 3.8) is 0 Å². The maximum Gasteiger partial charge on any atom is 0.0202 e. The molecule has 0 fully saturated rings. The summed E-state index contributed by atoms with van der Waals surface area (Å²) in [6.07, 6.45) is 1.12. The molecule has 0 radical (unpaired) electrons. The summed E-state index contributed by atoms with van der Waals surface area (Å²) >= 11 is 0. The Balaban J connectivity index is 0.000000671. The lowest BCUT2D eigenvalue weighted by molar-refractivity contribution is 0.817. The molecule has 0 saturated heterocycles. The maximum absolute atomic E-state index is 3.12. The largest absolute Gasteiger partial charge is 0.316 e. The average Bonchev–Trinajstić information content (AvgIpc) is 2.23. The number of benzene rings is 1. The summed E-state index contributed by atoms with van der Waals surface area (Å²) in [5.74, 6) is 0. The number of hydrogen-bond donors (Lipinski definition) is 1. The summed E-state index contributed by atoms with van der Waals surface area (Å²) < 4.78 is 0. The molecule has 0 heterocycles. The molecular weight excluding hydrogens is 158 g/mol. The highest BCUT2D eigenvalue weighted by Crippen LogP contribution is 2.03. The van der Waals surface area contributed by atoms with Crippen LogP contribution in [0.15, 0.2) is 24.3 Å². The maximum atomic E-state index is 3.12. The van der Waals surface area contributed by atoms with E-state index in [-0.39, 0.29) is 0 Å². The van der Waals surface area contributed by atoms with E-state index in [1.165, 1.54) is 11.1 Å². The molecular formula is C12H21N. The fourth-order valence-corrected chi connectivity index (χ4v) is 1.10. The Bertz CT molecular complexity index is 201. The molecule has 0 aromatic heterocycles. The van der Waals surface area contributed by atoms with Crippen molar-refractivity contribution in [1.82, 2.24) is 5.32 Å². The van der Waals surface area contributed by atoms with Gasteiger partial charge in [0.15, 0.2) is 0 Å². The van der Waals surface area contributed by atoms with Crippen LogP contribution in [0.3, 0.4) is 0 Å². The predicted molar refractivity (Wildman–Crippen MR) is 59.9 cm³/mol. The van der Waals surface area contributed by atoms with Crippen LogP contribution in [0.4, 0.5) is 0 Å². The van der Waals surface area contributed by atoms with E-state index in [1.54, 1.807) is 0 Å². The Morgan fingerprint density at radius 2 is 1.46 bits per heavy atom. The Labute approximate surface area is 82.2 Å². The molecule has 1 rings (SSSR count). The molecule has 0 bridgehead atoms. The molecule has 74 valence electrons. The third-order valence-corrected chi connectivity index (χ3v) is 1.81. The van der Waals surface area contributed by atoms with Crippen LogP contribution in [-0.4, -0.2) is 7.05 Å². The van der Waals surface area contributed by atoms with Gasteiger partial charge in [0, 0.05) is 6.54 Å². The van der Waals surface area contributed by atoms with Gasteiger partial charge in [-0.15, -0.1) is 0 Å². The molecule has 0 spiro atoms. The van der Waals surface area contributed by atoms with Crippen LogP contribution in [0.5, 0.6) is 0 Å². The molecule has 0 aliphatic rings. The predicted octanol–water partition coefficient (Wildman–Crippen LogP) is 2.99. The lowest BCUT2D eigenvalue weighted by Gasteiger charge is -2.00. The van der Waals surface area contributed by atoms with E-state index < -0.39 is 0 Å². The normalized spacial score (nSPS) is 8.92. The quantitative estimate of drug-likeness (QED) is 0.752. The van der Waals surface area contributed by atoms with Crippen LogP contribution in [0.2, 0.25) is 0 Å². The van der Waals surface area contributed by atoms with Crippen molar-refractivity contribution >= 4 is 0 Å². The van der Waals surface area contributed by atoms with Gasteiger partial charge >= 0.3 is 0 Å². The van der Waals surface area contributed by atoms with Crippen LogP contribution < -0.4 is 5.32 Å². The van der Waals surface area contributed by atoms with Crippen LogP contribution in [0.1, 0.15) is 31.9 Å². The third kappa shape index (κ3) is 4.69. The second-order valence-corrected chi connectivity index (χ2v) is 2.70. The summed E-state index contributed by atoms with van der Waals surface area (Å²) in [7, 11) is 1.97. The molecule has 1 heteroatoms. The van der Waals surface area contributed by atoms with Gasteiger partial charge in [0.2, 0.25) is 0 Å². The fraction of sp³-hybridized carbons (Fsp3) is 0.500. The fourth-order valence-electron chi connectivity index (χ4n) is 1.10. The van der Waals surface area contributed by atoms with Gasteiger partial charge in [-0.05, 0) is 24.6 Å². The molecule has 1 N–H and O–H groups in total. The van der Waals surface area contributed by atoms with Crippen molar-refractivity contribution in [2.45, 2.75) is 33.7 Å². The molecule has 0 aliphatic carbocycles. The van der Waals surface area contributed by atoms with Gasteiger partial charge in [-0.2, -0.15) is 0 Å². The van der Waals surface area contributed by atoms with Crippen molar-refractivity contribution in [1.29, 1.82) is 0 Å². The van der Waals surface area contributed by atoms with Crippen molar-refractivity contribution in [3.05, 3.63) is 35.4 Å². The van der Waals surface area contributed by atoms with Crippen LogP contribution in [0.25, 0.3) is 0 Å². The average molecular weight is 179 g/mol. The minimum absolute atomic E-state index is 0.962. The molecule has 0 saturated carbocycles. The Morgan fingerprint density at radius 1 is 1.00 bits per heavy atom. The minimum Gasteiger partial charge on any atom is -0.316 e. The van der Waals surface area contributed by atoms with Crippen molar-refractivity contribution in [3.8, 4) is 0 Å². The van der Waals surface area contributed by atoms with E-state index in [0.29, 0.717) is 0 Å². The van der Waals surface area contributed by atoms with Crippen LogP contribution in [0, 0.1) is 0 Å². The van der Waals surface area contributed by atoms with Gasteiger partial charge in [0.05, 0.1) is 0 Å². The van der Waals surface area contributed by atoms with Gasteiger partial charge in [-0.1, -0.05) is 45.0 Å². The van der Waals surface area contributed by atoms with Gasteiger partial charge in [0.1, 0.15) is 0 Å².